The van der Waals surface area contributed by atoms with Crippen LogP contribution in [0.3, 0.4) is 0 Å². The lowest BCUT2D eigenvalue weighted by Gasteiger charge is -2.21. The lowest BCUT2D eigenvalue weighted by molar-refractivity contribution is -0.135. The quantitative estimate of drug-likeness (QED) is 0.621. The van der Waals surface area contributed by atoms with E-state index in [4.69, 9.17) is 14.6 Å². The van der Waals surface area contributed by atoms with Gasteiger partial charge < -0.3 is 14.6 Å². The second-order valence-electron chi connectivity index (χ2n) is 3.85. The number of fused-ring (bicyclic) bond motifs is 1. The monoisotopic (exact) mass is 222 g/mol. The maximum absolute atomic E-state index is 11.3. The molecule has 0 aliphatic carbocycles. The molecule has 1 aromatic rings. The Morgan fingerprint density at radius 2 is 2.38 bits per heavy atom. The van der Waals surface area contributed by atoms with Crippen molar-refractivity contribution < 1.29 is 19.4 Å². The van der Waals surface area contributed by atoms with Crippen molar-refractivity contribution in [1.82, 2.24) is 0 Å². The van der Waals surface area contributed by atoms with Crippen molar-refractivity contribution in [1.29, 1.82) is 0 Å². The molecule has 1 heterocycles. The first-order valence-corrected chi connectivity index (χ1v) is 5.29. The summed E-state index contributed by atoms with van der Waals surface area (Å²) in [5.74, 6) is 1.15. The van der Waals surface area contributed by atoms with E-state index in [0.717, 1.165) is 5.56 Å². The molecule has 2 rings (SSSR count). The van der Waals surface area contributed by atoms with Crippen LogP contribution in [0.5, 0.6) is 11.5 Å². The Morgan fingerprint density at radius 1 is 1.56 bits per heavy atom. The predicted molar refractivity (Wildman–Crippen MR) is 57.7 cm³/mol. The Labute approximate surface area is 93.8 Å². The number of rotatable bonds is 3. The average molecular weight is 222 g/mol. The third-order valence-corrected chi connectivity index (χ3v) is 2.57. The summed E-state index contributed by atoms with van der Waals surface area (Å²) in [4.78, 5) is 11.3. The highest BCUT2D eigenvalue weighted by Crippen LogP contribution is 2.36. The van der Waals surface area contributed by atoms with Crippen LogP contribution >= 0.6 is 0 Å². The Kier molecular flexibility index (Phi) is 3.10. The maximum Gasteiger partial charge on any atom is 0.311 e. The van der Waals surface area contributed by atoms with Gasteiger partial charge in [0, 0.05) is 6.07 Å². The first-order valence-electron chi connectivity index (χ1n) is 5.29. The summed E-state index contributed by atoms with van der Waals surface area (Å²) in [6.45, 7) is 2.20. The molecule has 4 heteroatoms. The molecule has 1 aliphatic rings. The predicted octanol–water partition coefficient (Wildman–Crippen LogP) is 1.47. The van der Waals surface area contributed by atoms with E-state index in [1.807, 2.05) is 19.1 Å². The molecule has 0 fully saturated rings. The van der Waals surface area contributed by atoms with Crippen LogP contribution < -0.4 is 9.47 Å². The van der Waals surface area contributed by atoms with Crippen LogP contribution in [0.1, 0.15) is 24.8 Å². The fourth-order valence-corrected chi connectivity index (χ4v) is 1.79. The Hall–Kier alpha value is -1.55. The van der Waals surface area contributed by atoms with Gasteiger partial charge in [-0.15, -0.1) is 0 Å². The third-order valence-electron chi connectivity index (χ3n) is 2.57. The molecule has 0 saturated carbocycles. The number of esters is 1. The normalized spacial score (nSPS) is 18.9. The Balaban J connectivity index is 2.23. The molecule has 1 aliphatic heterocycles. The van der Waals surface area contributed by atoms with E-state index in [1.54, 1.807) is 6.07 Å². The van der Waals surface area contributed by atoms with Gasteiger partial charge in [-0.05, 0) is 17.5 Å². The largest absolute Gasteiger partial charge is 0.491 e. The molecule has 1 atom stereocenters. The van der Waals surface area contributed by atoms with Crippen molar-refractivity contribution in [2.45, 2.75) is 19.3 Å². The van der Waals surface area contributed by atoms with Crippen LogP contribution in [0, 0.1) is 0 Å². The molecule has 4 nitrogen and oxygen atoms in total. The zero-order chi connectivity index (χ0) is 11.5. The van der Waals surface area contributed by atoms with Gasteiger partial charge in [0.2, 0.25) is 0 Å². The summed E-state index contributed by atoms with van der Waals surface area (Å²) in [6, 6.07) is 5.42. The number of aliphatic hydroxyl groups is 1. The number of aliphatic hydroxyl groups excluding tert-OH is 1. The van der Waals surface area contributed by atoms with Crippen molar-refractivity contribution in [2.24, 2.45) is 0 Å². The van der Waals surface area contributed by atoms with Crippen LogP contribution in [0.4, 0.5) is 0 Å². The van der Waals surface area contributed by atoms with Crippen LogP contribution in [0.2, 0.25) is 0 Å². The molecule has 0 aromatic heterocycles. The van der Waals surface area contributed by atoms with E-state index >= 15 is 0 Å². The fourth-order valence-electron chi connectivity index (χ4n) is 1.79. The van der Waals surface area contributed by atoms with E-state index in [1.165, 1.54) is 0 Å². The van der Waals surface area contributed by atoms with E-state index < -0.39 is 0 Å². The number of carbonyl (C=O) groups excluding carboxylic acids is 1. The van der Waals surface area contributed by atoms with Gasteiger partial charge in [-0.2, -0.15) is 0 Å². The van der Waals surface area contributed by atoms with Crippen molar-refractivity contribution >= 4 is 5.97 Å². The number of carbonyl (C=O) groups is 1. The summed E-state index contributed by atoms with van der Waals surface area (Å²) in [6.07, 6.45) is 0.420. The van der Waals surface area contributed by atoms with Crippen molar-refractivity contribution in [2.75, 3.05) is 13.2 Å². The number of hydrogen-bond donors (Lipinski definition) is 1. The second-order valence-corrected chi connectivity index (χ2v) is 3.85. The van der Waals surface area contributed by atoms with Crippen molar-refractivity contribution in [3.8, 4) is 11.5 Å². The van der Waals surface area contributed by atoms with Crippen LogP contribution in [0.15, 0.2) is 18.2 Å². The Morgan fingerprint density at radius 3 is 3.12 bits per heavy atom. The minimum Gasteiger partial charge on any atom is -0.491 e. The van der Waals surface area contributed by atoms with Gasteiger partial charge in [-0.3, -0.25) is 4.79 Å². The van der Waals surface area contributed by atoms with E-state index in [2.05, 4.69) is 0 Å². The molecule has 0 saturated heterocycles. The molecule has 1 aromatic carbocycles. The standard InChI is InChI=1S/C12H14O4/c1-8-6-12(14)16-11-7-9(15-5-4-13)2-3-10(8)11/h2-3,7-8,13H,4-6H2,1H3. The number of benzene rings is 1. The zero-order valence-electron chi connectivity index (χ0n) is 9.10. The maximum atomic E-state index is 11.3. The lowest BCUT2D eigenvalue weighted by Crippen LogP contribution is -2.18. The second kappa shape index (κ2) is 4.53. The summed E-state index contributed by atoms with van der Waals surface area (Å²) < 4.78 is 10.4. The molecule has 1 unspecified atom stereocenters. The lowest BCUT2D eigenvalue weighted by atomic mass is 9.95. The number of hydrogen-bond acceptors (Lipinski definition) is 4. The Bertz CT molecular complexity index is 400. The summed E-state index contributed by atoms with van der Waals surface area (Å²) >= 11 is 0. The molecule has 86 valence electrons. The number of ether oxygens (including phenoxy) is 2. The fraction of sp³-hybridized carbons (Fsp3) is 0.417. The van der Waals surface area contributed by atoms with Gasteiger partial charge in [-0.25, -0.2) is 0 Å². The molecular weight excluding hydrogens is 208 g/mol. The van der Waals surface area contributed by atoms with E-state index in [0.29, 0.717) is 17.9 Å². The smallest absolute Gasteiger partial charge is 0.311 e. The summed E-state index contributed by atoms with van der Waals surface area (Å²) in [5, 5.41) is 8.64. The van der Waals surface area contributed by atoms with Gasteiger partial charge in [0.15, 0.2) is 0 Å². The third kappa shape index (κ3) is 2.17. The highest BCUT2D eigenvalue weighted by Gasteiger charge is 2.23. The van der Waals surface area contributed by atoms with E-state index in [-0.39, 0.29) is 25.1 Å². The van der Waals surface area contributed by atoms with Crippen molar-refractivity contribution in [3.05, 3.63) is 23.8 Å². The molecular formula is C12H14O4. The molecule has 0 bridgehead atoms. The van der Waals surface area contributed by atoms with E-state index in [9.17, 15) is 4.79 Å². The first kappa shape index (κ1) is 11.0. The van der Waals surface area contributed by atoms with Crippen LogP contribution in [0.25, 0.3) is 0 Å². The topological polar surface area (TPSA) is 55.8 Å². The van der Waals surface area contributed by atoms with Gasteiger partial charge in [-0.1, -0.05) is 13.0 Å². The van der Waals surface area contributed by atoms with Gasteiger partial charge >= 0.3 is 5.97 Å². The first-order chi connectivity index (χ1) is 7.70. The minimum atomic E-state index is -0.209. The minimum absolute atomic E-state index is 0.0344. The molecule has 0 spiro atoms. The molecule has 0 amide bonds. The van der Waals surface area contributed by atoms with Gasteiger partial charge in [0.1, 0.15) is 18.1 Å². The van der Waals surface area contributed by atoms with Crippen LogP contribution in [-0.2, 0) is 4.79 Å². The molecule has 0 radical (unpaired) electrons. The average Bonchev–Trinajstić information content (AvgIpc) is 2.25. The highest BCUT2D eigenvalue weighted by atomic mass is 16.5. The van der Waals surface area contributed by atoms with Gasteiger partial charge in [0.25, 0.3) is 0 Å². The molecule has 16 heavy (non-hydrogen) atoms. The highest BCUT2D eigenvalue weighted by molar-refractivity contribution is 5.76. The summed E-state index contributed by atoms with van der Waals surface area (Å²) in [7, 11) is 0. The van der Waals surface area contributed by atoms with Gasteiger partial charge in [0.05, 0.1) is 13.0 Å². The SMILES string of the molecule is CC1CC(=O)Oc2cc(OCCO)ccc21. The zero-order valence-corrected chi connectivity index (χ0v) is 9.10. The summed E-state index contributed by atoms with van der Waals surface area (Å²) in [5.41, 5.74) is 1.02. The molecule has 1 N–H and O–H groups in total. The van der Waals surface area contributed by atoms with Crippen LogP contribution in [-0.4, -0.2) is 24.3 Å². The van der Waals surface area contributed by atoms with Crippen molar-refractivity contribution in [3.63, 3.8) is 0 Å².